The Morgan fingerprint density at radius 1 is 1.26 bits per heavy atom. The number of amides is 3. The number of hydrogen-bond acceptors (Lipinski definition) is 5. The second kappa shape index (κ2) is 9.76. The van der Waals surface area contributed by atoms with Crippen LogP contribution in [0.2, 0.25) is 5.02 Å². The summed E-state index contributed by atoms with van der Waals surface area (Å²) < 4.78 is -0.718. The number of carbonyl (C=O) groups is 3. The Balaban J connectivity index is 1.76. The van der Waals surface area contributed by atoms with Gasteiger partial charge < -0.3 is 19.8 Å². The molecule has 1 aromatic carbocycles. The maximum atomic E-state index is 14.2. The summed E-state index contributed by atoms with van der Waals surface area (Å²) in [7, 11) is 1.71. The number of fused-ring (bicyclic) bond motifs is 1. The Kier molecular flexibility index (Phi) is 7.12. The topological polar surface area (TPSA) is 81.2 Å². The number of likely N-dealkylation sites (tertiary alicyclic amines) is 1. The summed E-state index contributed by atoms with van der Waals surface area (Å²) in [5.41, 5.74) is 0.543. The van der Waals surface area contributed by atoms with Crippen LogP contribution in [-0.4, -0.2) is 82.0 Å². The lowest BCUT2D eigenvalue weighted by Crippen LogP contribution is -2.55. The van der Waals surface area contributed by atoms with Gasteiger partial charge in [0.25, 0.3) is 5.91 Å². The number of nitrogens with zero attached hydrogens (tertiary/aromatic N) is 3. The van der Waals surface area contributed by atoms with Crippen LogP contribution in [0.4, 0.5) is 5.69 Å². The fourth-order valence-corrected chi connectivity index (χ4v) is 8.30. The molecule has 3 fully saturated rings. The van der Waals surface area contributed by atoms with E-state index in [0.29, 0.717) is 23.7 Å². The standard InChI is InChI=1S/C25H30ClN3O4S/c1-4-12-27(3)22(31)19-18-10-11-25(34-18)20(19)23(32)29(14-15-30)21(25)24(33)28(13-5-2)17-9-7-6-8-16(17)26/h4-9,18-21,30H,1-2,10-15H2,3H3/t18-,19+,20-,21?,25?/m0/s1. The monoisotopic (exact) mass is 503 g/mol. The van der Waals surface area contributed by atoms with E-state index < -0.39 is 22.6 Å². The summed E-state index contributed by atoms with van der Waals surface area (Å²) in [6.07, 6.45) is 4.71. The quantitative estimate of drug-likeness (QED) is 0.524. The van der Waals surface area contributed by atoms with Gasteiger partial charge in [-0.3, -0.25) is 14.4 Å². The molecule has 1 N–H and O–H groups in total. The molecule has 5 atom stereocenters. The van der Waals surface area contributed by atoms with Crippen molar-refractivity contribution < 1.29 is 19.5 Å². The van der Waals surface area contributed by atoms with Gasteiger partial charge in [-0.2, -0.15) is 0 Å². The highest BCUT2D eigenvalue weighted by atomic mass is 35.5. The van der Waals surface area contributed by atoms with Crippen LogP contribution in [0, 0.1) is 11.8 Å². The van der Waals surface area contributed by atoms with Crippen molar-refractivity contribution in [2.75, 3.05) is 38.2 Å². The van der Waals surface area contributed by atoms with Gasteiger partial charge in [-0.25, -0.2) is 0 Å². The fourth-order valence-electron chi connectivity index (χ4n) is 5.85. The van der Waals surface area contributed by atoms with E-state index in [-0.39, 0.29) is 42.7 Å². The number of anilines is 1. The zero-order valence-corrected chi connectivity index (χ0v) is 20.8. The van der Waals surface area contributed by atoms with Gasteiger partial charge >= 0.3 is 0 Å². The molecule has 1 aromatic rings. The molecule has 3 aliphatic heterocycles. The zero-order valence-electron chi connectivity index (χ0n) is 19.2. The Morgan fingerprint density at radius 3 is 2.62 bits per heavy atom. The molecule has 9 heteroatoms. The number of carbonyl (C=O) groups excluding carboxylic acids is 3. The largest absolute Gasteiger partial charge is 0.395 e. The molecule has 0 saturated carbocycles. The van der Waals surface area contributed by atoms with Crippen molar-refractivity contribution in [3.8, 4) is 0 Å². The minimum atomic E-state index is -0.800. The first-order valence-electron chi connectivity index (χ1n) is 11.4. The van der Waals surface area contributed by atoms with E-state index in [1.807, 2.05) is 0 Å². The summed E-state index contributed by atoms with van der Waals surface area (Å²) in [6.45, 7) is 7.89. The van der Waals surface area contributed by atoms with Crippen LogP contribution < -0.4 is 4.90 Å². The van der Waals surface area contributed by atoms with Gasteiger partial charge in [0, 0.05) is 31.9 Å². The third-order valence-corrected chi connectivity index (χ3v) is 9.43. The van der Waals surface area contributed by atoms with Crippen LogP contribution >= 0.6 is 23.4 Å². The second-order valence-electron chi connectivity index (χ2n) is 9.01. The van der Waals surface area contributed by atoms with Gasteiger partial charge in [-0.05, 0) is 25.0 Å². The predicted molar refractivity (Wildman–Crippen MR) is 135 cm³/mol. The maximum absolute atomic E-state index is 14.2. The van der Waals surface area contributed by atoms with E-state index in [0.717, 1.165) is 6.42 Å². The van der Waals surface area contributed by atoms with E-state index in [1.165, 1.54) is 4.90 Å². The average Bonchev–Trinajstić information content (AvgIpc) is 3.45. The summed E-state index contributed by atoms with van der Waals surface area (Å²) in [6, 6.07) is 6.27. The summed E-state index contributed by atoms with van der Waals surface area (Å²) >= 11 is 8.04. The van der Waals surface area contributed by atoms with Crippen LogP contribution in [-0.2, 0) is 14.4 Å². The number of rotatable bonds is 9. The third kappa shape index (κ3) is 3.76. The number of benzene rings is 1. The number of aliphatic hydroxyl groups is 1. The lowest BCUT2D eigenvalue weighted by Gasteiger charge is -2.37. The van der Waals surface area contributed by atoms with E-state index in [4.69, 9.17) is 11.6 Å². The number of para-hydroxylation sites is 1. The van der Waals surface area contributed by atoms with Crippen molar-refractivity contribution in [2.45, 2.75) is 28.9 Å². The highest BCUT2D eigenvalue weighted by Gasteiger charge is 2.74. The second-order valence-corrected chi connectivity index (χ2v) is 11.0. The molecular formula is C25H30ClN3O4S. The normalized spacial score (nSPS) is 29.1. The average molecular weight is 504 g/mol. The molecule has 0 radical (unpaired) electrons. The highest BCUT2D eigenvalue weighted by molar-refractivity contribution is 8.02. The van der Waals surface area contributed by atoms with Crippen molar-refractivity contribution in [2.24, 2.45) is 11.8 Å². The molecule has 3 heterocycles. The molecule has 4 rings (SSSR count). The van der Waals surface area contributed by atoms with E-state index in [2.05, 4.69) is 13.2 Å². The lowest BCUT2D eigenvalue weighted by molar-refractivity contribution is -0.143. The molecular weight excluding hydrogens is 474 g/mol. The molecule has 2 unspecified atom stereocenters. The van der Waals surface area contributed by atoms with Crippen molar-refractivity contribution in [1.82, 2.24) is 9.80 Å². The summed E-state index contributed by atoms with van der Waals surface area (Å²) in [5.74, 6) is -1.69. The van der Waals surface area contributed by atoms with Gasteiger partial charge in [0.15, 0.2) is 0 Å². The Hall–Kier alpha value is -2.29. The molecule has 7 nitrogen and oxygen atoms in total. The molecule has 3 saturated heterocycles. The van der Waals surface area contributed by atoms with Gasteiger partial charge in [0.05, 0.1) is 33.9 Å². The van der Waals surface area contributed by atoms with Gasteiger partial charge in [0.1, 0.15) is 6.04 Å². The SMILES string of the molecule is C=CCN(C)C(=O)[C@@H]1[C@@H]2CCC3(S2)C(C(=O)N(CC=C)c2ccccc2Cl)N(CCO)C(=O)[C@H]13. The van der Waals surface area contributed by atoms with E-state index >= 15 is 0 Å². The Bertz CT molecular complexity index is 1020. The fraction of sp³-hybridized carbons (Fsp3) is 0.480. The number of halogens is 1. The molecule has 0 aromatic heterocycles. The first-order valence-corrected chi connectivity index (χ1v) is 12.7. The number of aliphatic hydroxyl groups excluding tert-OH is 1. The zero-order chi connectivity index (χ0) is 24.6. The minimum absolute atomic E-state index is 0.0199. The van der Waals surface area contributed by atoms with Gasteiger partial charge in [-0.15, -0.1) is 24.9 Å². The number of hydrogen-bond donors (Lipinski definition) is 1. The smallest absolute Gasteiger partial charge is 0.251 e. The maximum Gasteiger partial charge on any atom is 0.251 e. The number of thioether (sulfide) groups is 1. The Labute approximate surface area is 209 Å². The number of likely N-dealkylation sites (N-methyl/N-ethyl adjacent to an activating group) is 1. The van der Waals surface area contributed by atoms with E-state index in [1.54, 1.807) is 65.0 Å². The van der Waals surface area contributed by atoms with E-state index in [9.17, 15) is 19.5 Å². The van der Waals surface area contributed by atoms with Crippen LogP contribution in [0.25, 0.3) is 0 Å². The van der Waals surface area contributed by atoms with Crippen LogP contribution in [0.3, 0.4) is 0 Å². The van der Waals surface area contributed by atoms with Crippen molar-refractivity contribution >= 4 is 46.8 Å². The van der Waals surface area contributed by atoms with Crippen molar-refractivity contribution in [3.63, 3.8) is 0 Å². The van der Waals surface area contributed by atoms with Crippen LogP contribution in [0.1, 0.15) is 12.8 Å². The molecule has 3 amide bonds. The molecule has 3 aliphatic rings. The highest BCUT2D eigenvalue weighted by Crippen LogP contribution is 2.66. The first kappa shape index (κ1) is 24.8. The first-order chi connectivity index (χ1) is 16.3. The van der Waals surface area contributed by atoms with Crippen LogP contribution in [0.5, 0.6) is 0 Å². The molecule has 182 valence electrons. The lowest BCUT2D eigenvalue weighted by atomic mass is 9.70. The predicted octanol–water partition coefficient (Wildman–Crippen LogP) is 2.59. The van der Waals surface area contributed by atoms with Gasteiger partial charge in [-0.1, -0.05) is 35.9 Å². The van der Waals surface area contributed by atoms with Crippen molar-refractivity contribution in [1.29, 1.82) is 0 Å². The van der Waals surface area contributed by atoms with Gasteiger partial charge in [0.2, 0.25) is 11.8 Å². The molecule has 1 spiro atoms. The summed E-state index contributed by atoms with van der Waals surface area (Å²) in [4.78, 5) is 45.9. The van der Waals surface area contributed by atoms with Crippen molar-refractivity contribution in [3.05, 3.63) is 54.6 Å². The minimum Gasteiger partial charge on any atom is -0.395 e. The molecule has 2 bridgehead atoms. The third-order valence-electron chi connectivity index (χ3n) is 7.16. The number of β-amino-alcohol motifs (C(OH)–C–C–N with tert-alkyl or cyclic N) is 1. The molecule has 0 aliphatic carbocycles. The summed E-state index contributed by atoms with van der Waals surface area (Å²) in [5, 5.41) is 10.2. The molecule has 34 heavy (non-hydrogen) atoms. The Morgan fingerprint density at radius 2 is 1.97 bits per heavy atom. The van der Waals surface area contributed by atoms with Crippen LogP contribution in [0.15, 0.2) is 49.6 Å².